The maximum atomic E-state index is 13.4. The molecule has 0 aliphatic carbocycles. The average molecular weight is 321 g/mol. The normalized spacial score (nSPS) is 14.0. The minimum Gasteiger partial charge on any atom is -0.383 e. The van der Waals surface area contributed by atoms with Crippen LogP contribution in [0.25, 0.3) is 6.08 Å². The third kappa shape index (κ3) is 4.23. The molecule has 2 aromatic rings. The molecule has 0 aliphatic rings. The molecule has 1 aromatic heterocycles. The molecule has 5 nitrogen and oxygen atoms in total. The molecule has 1 aromatic carbocycles. The molecule has 0 spiro atoms. The van der Waals surface area contributed by atoms with Crippen LogP contribution in [-0.2, 0) is 17.4 Å². The van der Waals surface area contributed by atoms with Crippen LogP contribution in [0.1, 0.15) is 18.1 Å². The maximum absolute atomic E-state index is 13.4. The summed E-state index contributed by atoms with van der Waals surface area (Å²) in [6.45, 7) is 1.46. The summed E-state index contributed by atoms with van der Waals surface area (Å²) in [5.41, 5.74) is -1.05. The monoisotopic (exact) mass is 321 g/mol. The fourth-order valence-electron chi connectivity index (χ4n) is 1.95. The van der Waals surface area contributed by atoms with E-state index in [-0.39, 0.29) is 12.1 Å². The Balaban J connectivity index is 1.99. The number of rotatable bonds is 5. The lowest BCUT2D eigenvalue weighted by atomic mass is 10.00. The van der Waals surface area contributed by atoms with E-state index in [0.29, 0.717) is 5.56 Å². The summed E-state index contributed by atoms with van der Waals surface area (Å²) in [5.74, 6) is -2.08. The minimum atomic E-state index is -1.30. The highest BCUT2D eigenvalue weighted by molar-refractivity contribution is 5.91. The Morgan fingerprint density at radius 1 is 1.43 bits per heavy atom. The Bertz CT molecular complexity index is 718. The minimum absolute atomic E-state index is 0.0678. The first-order valence-electron chi connectivity index (χ1n) is 6.91. The summed E-state index contributed by atoms with van der Waals surface area (Å²) in [5, 5.41) is 16.7. The Morgan fingerprint density at radius 3 is 2.65 bits per heavy atom. The fourth-order valence-corrected chi connectivity index (χ4v) is 1.95. The second-order valence-electron chi connectivity index (χ2n) is 5.36. The number of halogens is 2. The standard InChI is InChI=1S/C16H17F2N3O2/c1-16(23,11-8-20-21(2)9-11)10-19-15(22)7-6-12-13(17)4-3-5-14(12)18/h3-9,23H,10H2,1-2H3,(H,19,22)/b7-6+. The van der Waals surface area contributed by atoms with Crippen molar-refractivity contribution in [2.24, 2.45) is 7.05 Å². The number of aromatic nitrogens is 2. The topological polar surface area (TPSA) is 67.2 Å². The largest absolute Gasteiger partial charge is 0.383 e. The van der Waals surface area contributed by atoms with Gasteiger partial charge in [0.15, 0.2) is 0 Å². The Labute approximate surface area is 132 Å². The summed E-state index contributed by atoms with van der Waals surface area (Å²) in [6, 6.07) is 3.45. The van der Waals surface area contributed by atoms with Crippen LogP contribution in [-0.4, -0.2) is 27.3 Å². The van der Waals surface area contributed by atoms with Gasteiger partial charge in [0.1, 0.15) is 17.2 Å². The van der Waals surface area contributed by atoms with Crippen LogP contribution in [0, 0.1) is 11.6 Å². The zero-order chi connectivity index (χ0) is 17.0. The predicted molar refractivity (Wildman–Crippen MR) is 81.2 cm³/mol. The van der Waals surface area contributed by atoms with Gasteiger partial charge >= 0.3 is 0 Å². The van der Waals surface area contributed by atoms with Crippen LogP contribution in [0.15, 0.2) is 36.7 Å². The molecule has 0 radical (unpaired) electrons. The van der Waals surface area contributed by atoms with Crippen LogP contribution in [0.2, 0.25) is 0 Å². The molecule has 1 atom stereocenters. The van der Waals surface area contributed by atoms with E-state index in [1.54, 1.807) is 13.2 Å². The molecule has 1 amide bonds. The highest BCUT2D eigenvalue weighted by Crippen LogP contribution is 2.18. The number of hydrogen-bond donors (Lipinski definition) is 2. The molecular formula is C16H17F2N3O2. The lowest BCUT2D eigenvalue weighted by molar-refractivity contribution is -0.117. The summed E-state index contributed by atoms with van der Waals surface area (Å²) < 4.78 is 28.4. The van der Waals surface area contributed by atoms with Crippen LogP contribution < -0.4 is 5.32 Å². The number of aryl methyl sites for hydroxylation is 1. The van der Waals surface area contributed by atoms with Crippen molar-refractivity contribution in [3.05, 3.63) is 59.4 Å². The van der Waals surface area contributed by atoms with Gasteiger partial charge in [-0.25, -0.2) is 8.78 Å². The lowest BCUT2D eigenvalue weighted by Gasteiger charge is -2.21. The molecule has 2 N–H and O–H groups in total. The smallest absolute Gasteiger partial charge is 0.244 e. The second-order valence-corrected chi connectivity index (χ2v) is 5.36. The van der Waals surface area contributed by atoms with Crippen LogP contribution in [0.5, 0.6) is 0 Å². The molecule has 0 saturated carbocycles. The van der Waals surface area contributed by atoms with E-state index in [0.717, 1.165) is 24.3 Å². The van der Waals surface area contributed by atoms with Crippen molar-refractivity contribution in [2.75, 3.05) is 6.54 Å². The van der Waals surface area contributed by atoms with Gasteiger partial charge in [0, 0.05) is 30.4 Å². The lowest BCUT2D eigenvalue weighted by Crippen LogP contribution is -2.37. The molecular weight excluding hydrogens is 304 g/mol. The van der Waals surface area contributed by atoms with Crippen molar-refractivity contribution in [3.8, 4) is 0 Å². The van der Waals surface area contributed by atoms with Gasteiger partial charge < -0.3 is 10.4 Å². The van der Waals surface area contributed by atoms with Crippen molar-refractivity contribution < 1.29 is 18.7 Å². The first-order chi connectivity index (χ1) is 10.8. The molecule has 0 saturated heterocycles. The van der Waals surface area contributed by atoms with Crippen LogP contribution in [0.4, 0.5) is 8.78 Å². The van der Waals surface area contributed by atoms with E-state index in [2.05, 4.69) is 10.4 Å². The Hall–Kier alpha value is -2.54. The third-order valence-electron chi connectivity index (χ3n) is 3.33. The van der Waals surface area contributed by atoms with E-state index in [1.165, 1.54) is 23.9 Å². The SMILES string of the molecule is Cn1cc(C(C)(O)CNC(=O)/C=C/c2c(F)cccc2F)cn1. The zero-order valence-corrected chi connectivity index (χ0v) is 12.8. The maximum Gasteiger partial charge on any atom is 0.244 e. The number of hydrogen-bond acceptors (Lipinski definition) is 3. The molecule has 1 heterocycles. The quantitative estimate of drug-likeness (QED) is 0.824. The van der Waals surface area contributed by atoms with E-state index in [9.17, 15) is 18.7 Å². The van der Waals surface area contributed by atoms with Gasteiger partial charge in [-0.2, -0.15) is 5.10 Å². The number of nitrogens with one attached hydrogen (secondary N) is 1. The van der Waals surface area contributed by atoms with Gasteiger partial charge in [0.2, 0.25) is 5.91 Å². The molecule has 2 rings (SSSR count). The molecule has 1 unspecified atom stereocenters. The highest BCUT2D eigenvalue weighted by Gasteiger charge is 2.25. The molecule has 0 aliphatic heterocycles. The molecule has 0 fully saturated rings. The van der Waals surface area contributed by atoms with Gasteiger partial charge in [-0.15, -0.1) is 0 Å². The number of amides is 1. The number of nitrogens with zero attached hydrogens (tertiary/aromatic N) is 2. The highest BCUT2D eigenvalue weighted by atomic mass is 19.1. The average Bonchev–Trinajstić information content (AvgIpc) is 2.92. The molecule has 7 heteroatoms. The summed E-state index contributed by atoms with van der Waals surface area (Å²) in [7, 11) is 1.71. The van der Waals surface area contributed by atoms with E-state index in [1.807, 2.05) is 0 Å². The fraction of sp³-hybridized carbons (Fsp3) is 0.250. The van der Waals surface area contributed by atoms with Crippen molar-refractivity contribution in [3.63, 3.8) is 0 Å². The second kappa shape index (κ2) is 6.70. The van der Waals surface area contributed by atoms with Crippen molar-refractivity contribution in [1.82, 2.24) is 15.1 Å². The van der Waals surface area contributed by atoms with Crippen LogP contribution >= 0.6 is 0 Å². The summed E-state index contributed by atoms with van der Waals surface area (Å²) in [6.07, 6.45) is 5.20. The van der Waals surface area contributed by atoms with Gasteiger partial charge in [-0.05, 0) is 25.1 Å². The first-order valence-corrected chi connectivity index (χ1v) is 6.91. The van der Waals surface area contributed by atoms with E-state index >= 15 is 0 Å². The van der Waals surface area contributed by atoms with Gasteiger partial charge in [0.05, 0.1) is 12.7 Å². The number of benzene rings is 1. The zero-order valence-electron chi connectivity index (χ0n) is 12.8. The number of aliphatic hydroxyl groups is 1. The molecule has 0 bridgehead atoms. The van der Waals surface area contributed by atoms with Crippen molar-refractivity contribution >= 4 is 12.0 Å². The molecule has 23 heavy (non-hydrogen) atoms. The van der Waals surface area contributed by atoms with Crippen molar-refractivity contribution in [2.45, 2.75) is 12.5 Å². The van der Waals surface area contributed by atoms with E-state index in [4.69, 9.17) is 0 Å². The summed E-state index contributed by atoms with van der Waals surface area (Å²) >= 11 is 0. The Kier molecular flexibility index (Phi) is 4.90. The van der Waals surface area contributed by atoms with Crippen molar-refractivity contribution in [1.29, 1.82) is 0 Å². The van der Waals surface area contributed by atoms with Gasteiger partial charge in [-0.3, -0.25) is 9.48 Å². The molecule has 122 valence electrons. The predicted octanol–water partition coefficient (Wildman–Crippen LogP) is 1.74. The first kappa shape index (κ1) is 16.8. The number of carbonyl (C=O) groups excluding carboxylic acids is 1. The number of carbonyl (C=O) groups is 1. The van der Waals surface area contributed by atoms with Crippen LogP contribution in [0.3, 0.4) is 0 Å². The van der Waals surface area contributed by atoms with Gasteiger partial charge in [-0.1, -0.05) is 6.07 Å². The Morgan fingerprint density at radius 2 is 2.09 bits per heavy atom. The third-order valence-corrected chi connectivity index (χ3v) is 3.33. The van der Waals surface area contributed by atoms with E-state index < -0.39 is 23.1 Å². The summed E-state index contributed by atoms with van der Waals surface area (Å²) in [4.78, 5) is 11.7. The van der Waals surface area contributed by atoms with Gasteiger partial charge in [0.25, 0.3) is 0 Å².